The van der Waals surface area contributed by atoms with E-state index in [4.69, 9.17) is 0 Å². The standard InChI is InChI=1S/C15H19F3N2/c16-11-8-12(17)15(13(18)9-11)14(7-10-1-2-10)20-5-3-19-4-6-20/h8-10,14,19H,1-7H2/t14-/m1/s1. The van der Waals surface area contributed by atoms with Crippen LogP contribution >= 0.6 is 0 Å². The lowest BCUT2D eigenvalue weighted by atomic mass is 9.97. The van der Waals surface area contributed by atoms with Gasteiger partial charge in [-0.2, -0.15) is 0 Å². The third kappa shape index (κ3) is 2.99. The van der Waals surface area contributed by atoms with Crippen molar-refractivity contribution in [2.75, 3.05) is 26.2 Å². The smallest absolute Gasteiger partial charge is 0.133 e. The molecular formula is C15H19F3N2. The predicted octanol–water partition coefficient (Wildman–Crippen LogP) is 2.85. The summed E-state index contributed by atoms with van der Waals surface area (Å²) in [5.41, 5.74) is 0.0419. The molecule has 0 radical (unpaired) electrons. The quantitative estimate of drug-likeness (QED) is 0.914. The molecule has 0 bridgehead atoms. The Hall–Kier alpha value is -1.07. The third-order valence-corrected chi connectivity index (χ3v) is 4.22. The number of hydrogen-bond acceptors (Lipinski definition) is 2. The number of halogens is 3. The number of piperazine rings is 1. The summed E-state index contributed by atoms with van der Waals surface area (Å²) in [5, 5.41) is 3.24. The van der Waals surface area contributed by atoms with Gasteiger partial charge in [-0.3, -0.25) is 4.90 Å². The lowest BCUT2D eigenvalue weighted by Gasteiger charge is -2.35. The first-order valence-electron chi connectivity index (χ1n) is 7.24. The van der Waals surface area contributed by atoms with Crippen molar-refractivity contribution in [2.24, 2.45) is 5.92 Å². The lowest BCUT2D eigenvalue weighted by molar-refractivity contribution is 0.154. The van der Waals surface area contributed by atoms with Crippen molar-refractivity contribution in [3.63, 3.8) is 0 Å². The van der Waals surface area contributed by atoms with Gasteiger partial charge in [0.25, 0.3) is 0 Å². The fraction of sp³-hybridized carbons (Fsp3) is 0.600. The molecule has 1 N–H and O–H groups in total. The molecule has 2 nitrogen and oxygen atoms in total. The van der Waals surface area contributed by atoms with Gasteiger partial charge in [-0.1, -0.05) is 12.8 Å². The molecule has 3 rings (SSSR count). The van der Waals surface area contributed by atoms with Crippen LogP contribution in [0.3, 0.4) is 0 Å². The Kier molecular flexibility index (Phi) is 3.98. The van der Waals surface area contributed by atoms with E-state index in [1.807, 2.05) is 0 Å². The first-order valence-corrected chi connectivity index (χ1v) is 7.24. The second kappa shape index (κ2) is 5.74. The summed E-state index contributed by atoms with van der Waals surface area (Å²) < 4.78 is 41.2. The highest BCUT2D eigenvalue weighted by atomic mass is 19.1. The van der Waals surface area contributed by atoms with Crippen molar-refractivity contribution >= 4 is 0 Å². The van der Waals surface area contributed by atoms with E-state index in [-0.39, 0.29) is 11.6 Å². The van der Waals surface area contributed by atoms with E-state index in [1.165, 1.54) is 0 Å². The number of nitrogens with one attached hydrogen (secondary N) is 1. The van der Waals surface area contributed by atoms with Gasteiger partial charge in [-0.15, -0.1) is 0 Å². The Morgan fingerprint density at radius 3 is 2.25 bits per heavy atom. The van der Waals surface area contributed by atoms with E-state index < -0.39 is 17.5 Å². The second-order valence-electron chi connectivity index (χ2n) is 5.76. The highest BCUT2D eigenvalue weighted by Gasteiger charge is 2.33. The van der Waals surface area contributed by atoms with Crippen LogP contribution in [0.15, 0.2) is 12.1 Å². The molecule has 1 atom stereocenters. The number of nitrogens with zero attached hydrogens (tertiary/aromatic N) is 1. The number of hydrogen-bond donors (Lipinski definition) is 1. The maximum atomic E-state index is 14.1. The molecular weight excluding hydrogens is 265 g/mol. The fourth-order valence-corrected chi connectivity index (χ4v) is 2.98. The zero-order valence-corrected chi connectivity index (χ0v) is 11.3. The van der Waals surface area contributed by atoms with Gasteiger partial charge in [0.05, 0.1) is 0 Å². The Labute approximate surface area is 117 Å². The third-order valence-electron chi connectivity index (χ3n) is 4.22. The molecule has 1 aromatic carbocycles. The van der Waals surface area contributed by atoms with Gasteiger partial charge in [0.2, 0.25) is 0 Å². The Morgan fingerprint density at radius 2 is 1.70 bits per heavy atom. The zero-order valence-electron chi connectivity index (χ0n) is 11.3. The van der Waals surface area contributed by atoms with Gasteiger partial charge in [0.1, 0.15) is 17.5 Å². The SMILES string of the molecule is Fc1cc(F)c([C@@H](CC2CC2)N2CCNCC2)c(F)c1. The molecule has 2 fully saturated rings. The maximum Gasteiger partial charge on any atom is 0.133 e. The normalized spacial score (nSPS) is 21.9. The van der Waals surface area contributed by atoms with Gasteiger partial charge >= 0.3 is 0 Å². The van der Waals surface area contributed by atoms with Crippen LogP contribution in [0.25, 0.3) is 0 Å². The van der Waals surface area contributed by atoms with Crippen LogP contribution in [0, 0.1) is 23.4 Å². The van der Waals surface area contributed by atoms with Gasteiger partial charge in [0.15, 0.2) is 0 Å². The highest BCUT2D eigenvalue weighted by Crippen LogP contribution is 2.41. The van der Waals surface area contributed by atoms with Crippen molar-refractivity contribution in [3.8, 4) is 0 Å². The molecule has 0 spiro atoms. The Morgan fingerprint density at radius 1 is 1.10 bits per heavy atom. The predicted molar refractivity (Wildman–Crippen MR) is 70.8 cm³/mol. The molecule has 1 heterocycles. The maximum absolute atomic E-state index is 14.1. The average Bonchev–Trinajstić information content (AvgIpc) is 3.21. The van der Waals surface area contributed by atoms with Crippen molar-refractivity contribution in [2.45, 2.75) is 25.3 Å². The van der Waals surface area contributed by atoms with Crippen molar-refractivity contribution < 1.29 is 13.2 Å². The topological polar surface area (TPSA) is 15.3 Å². The molecule has 0 unspecified atom stereocenters. The van der Waals surface area contributed by atoms with E-state index >= 15 is 0 Å². The molecule has 110 valence electrons. The minimum Gasteiger partial charge on any atom is -0.314 e. The summed E-state index contributed by atoms with van der Waals surface area (Å²) >= 11 is 0. The second-order valence-corrected chi connectivity index (χ2v) is 5.76. The first-order chi connectivity index (χ1) is 9.65. The molecule has 0 aromatic heterocycles. The van der Waals surface area contributed by atoms with Gasteiger partial charge < -0.3 is 5.32 Å². The van der Waals surface area contributed by atoms with Crippen LogP contribution in [-0.2, 0) is 0 Å². The summed E-state index contributed by atoms with van der Waals surface area (Å²) in [7, 11) is 0. The Bertz CT molecular complexity index is 459. The zero-order chi connectivity index (χ0) is 14.1. The largest absolute Gasteiger partial charge is 0.314 e. The van der Waals surface area contributed by atoms with Crippen LogP contribution in [0.1, 0.15) is 30.9 Å². The molecule has 1 saturated carbocycles. The van der Waals surface area contributed by atoms with E-state index in [2.05, 4.69) is 10.2 Å². The van der Waals surface area contributed by atoms with Gasteiger partial charge in [-0.05, 0) is 12.3 Å². The van der Waals surface area contributed by atoms with Gasteiger partial charge in [-0.25, -0.2) is 13.2 Å². The molecule has 1 aliphatic heterocycles. The molecule has 20 heavy (non-hydrogen) atoms. The van der Waals surface area contributed by atoms with E-state index in [1.54, 1.807) is 0 Å². The molecule has 0 amide bonds. The van der Waals surface area contributed by atoms with E-state index in [9.17, 15) is 13.2 Å². The van der Waals surface area contributed by atoms with Crippen molar-refractivity contribution in [3.05, 3.63) is 35.1 Å². The minimum atomic E-state index is -0.853. The van der Waals surface area contributed by atoms with E-state index in [0.717, 1.165) is 57.6 Å². The molecule has 1 aromatic rings. The molecule has 1 saturated heterocycles. The number of rotatable bonds is 4. The highest BCUT2D eigenvalue weighted by molar-refractivity contribution is 5.25. The summed E-state index contributed by atoms with van der Waals surface area (Å²) in [6.07, 6.45) is 3.03. The summed E-state index contributed by atoms with van der Waals surface area (Å²) in [6, 6.07) is 1.31. The van der Waals surface area contributed by atoms with Crippen LogP contribution < -0.4 is 5.32 Å². The summed E-state index contributed by atoms with van der Waals surface area (Å²) in [4.78, 5) is 2.12. The molecule has 1 aliphatic carbocycles. The molecule has 5 heteroatoms. The van der Waals surface area contributed by atoms with Crippen LogP contribution in [-0.4, -0.2) is 31.1 Å². The number of benzene rings is 1. The van der Waals surface area contributed by atoms with Crippen molar-refractivity contribution in [1.82, 2.24) is 10.2 Å². The lowest BCUT2D eigenvalue weighted by Crippen LogP contribution is -2.45. The summed E-state index contributed by atoms with van der Waals surface area (Å²) in [5.74, 6) is -1.81. The summed E-state index contributed by atoms with van der Waals surface area (Å²) in [6.45, 7) is 3.19. The van der Waals surface area contributed by atoms with E-state index in [0.29, 0.717) is 5.92 Å². The Balaban J connectivity index is 1.91. The van der Waals surface area contributed by atoms with Crippen LogP contribution in [0.2, 0.25) is 0 Å². The minimum absolute atomic E-state index is 0.0419. The van der Waals surface area contributed by atoms with Crippen LogP contribution in [0.4, 0.5) is 13.2 Å². The first kappa shape index (κ1) is 13.9. The van der Waals surface area contributed by atoms with Gasteiger partial charge in [0, 0.05) is 49.9 Å². The monoisotopic (exact) mass is 284 g/mol. The average molecular weight is 284 g/mol. The fourth-order valence-electron chi connectivity index (χ4n) is 2.98. The molecule has 2 aliphatic rings. The van der Waals surface area contributed by atoms with Crippen molar-refractivity contribution in [1.29, 1.82) is 0 Å². The van der Waals surface area contributed by atoms with Crippen LogP contribution in [0.5, 0.6) is 0 Å².